The summed E-state index contributed by atoms with van der Waals surface area (Å²) < 4.78 is 85.6. The second-order valence-corrected chi connectivity index (χ2v) is 15.0. The first-order chi connectivity index (χ1) is 28.4. The zero-order chi connectivity index (χ0) is 45.7. The Balaban J connectivity index is 0.000000347. The van der Waals surface area contributed by atoms with Crippen LogP contribution in [0.4, 0.5) is 26.3 Å². The van der Waals surface area contributed by atoms with Gasteiger partial charge in [-0.15, -0.1) is 0 Å². The Bertz CT molecular complexity index is 2070. The molecule has 0 radical (unpaired) electrons. The summed E-state index contributed by atoms with van der Waals surface area (Å²) in [6.07, 6.45) is -7.73. The summed E-state index contributed by atoms with van der Waals surface area (Å²) in [6.45, 7) is 6.68. The second kappa shape index (κ2) is 22.1. The van der Waals surface area contributed by atoms with Gasteiger partial charge < -0.3 is 25.2 Å². The monoisotopic (exact) mass is 866 g/mol. The number of rotatable bonds is 20. The minimum absolute atomic E-state index is 0.0171. The Hall–Kier alpha value is -5.95. The number of alkyl halides is 6. The Morgan fingerprint density at radius 3 is 1.69 bits per heavy atom. The van der Waals surface area contributed by atoms with Crippen LogP contribution in [0, 0.1) is 11.8 Å². The van der Waals surface area contributed by atoms with Crippen molar-refractivity contribution in [2.75, 3.05) is 0 Å². The van der Waals surface area contributed by atoms with Crippen LogP contribution in [0.2, 0.25) is 0 Å². The van der Waals surface area contributed by atoms with Crippen LogP contribution in [-0.4, -0.2) is 78.3 Å². The molecule has 1 aromatic heterocycles. The maximum Gasteiger partial charge on any atom is 0.416 e. The summed E-state index contributed by atoms with van der Waals surface area (Å²) in [7, 11) is 0. The third kappa shape index (κ3) is 16.2. The molecule has 19 heteroatoms. The number of aromatic nitrogens is 2. The van der Waals surface area contributed by atoms with E-state index in [2.05, 4.69) is 15.7 Å². The van der Waals surface area contributed by atoms with Crippen molar-refractivity contribution in [3.63, 3.8) is 0 Å². The molecule has 6 N–H and O–H groups in total. The standard InChI is InChI=1S/C24H25F6NO5.C18H23N3O4/c1-13(2)8-19(21(32)33)31-20(22(34)35)10-14-4-3-5-17(9-14)36-12-15-6-7-16(23(25,26)27)11-18(15)24(28,29)30;1-12(2)10-15(17(22)23)19-16(18(24)25)11-13-8-9-21(20-13)14-6-4-3-5-7-14/h3-7,9,11,13,19-20,31H,8,10,12H2,1-2H3,(H,32,33)(H,34,35);3-9,12,15-16,19H,10-11H2,1-2H3,(H,22,23)(H,24,25). The first-order valence-electron chi connectivity index (χ1n) is 19.0. The van der Waals surface area contributed by atoms with Gasteiger partial charge in [-0.1, -0.05) is 64.1 Å². The van der Waals surface area contributed by atoms with Crippen molar-refractivity contribution in [3.8, 4) is 11.4 Å². The lowest BCUT2D eigenvalue weighted by atomic mass is 10.0. The maximum atomic E-state index is 13.3. The van der Waals surface area contributed by atoms with Gasteiger partial charge in [0.15, 0.2) is 0 Å². The molecule has 3 aromatic carbocycles. The molecule has 0 aliphatic heterocycles. The van der Waals surface area contributed by atoms with Crippen molar-refractivity contribution < 1.29 is 70.7 Å². The van der Waals surface area contributed by atoms with Crippen LogP contribution in [0.15, 0.2) is 85.1 Å². The van der Waals surface area contributed by atoms with Crippen LogP contribution in [-0.2, 0) is 51.0 Å². The predicted molar refractivity (Wildman–Crippen MR) is 209 cm³/mol. The normalized spacial score (nSPS) is 13.8. The number of hydrogen-bond acceptors (Lipinski definition) is 8. The zero-order valence-corrected chi connectivity index (χ0v) is 33.6. The zero-order valence-electron chi connectivity index (χ0n) is 33.6. The number of nitrogens with zero attached hydrogens (tertiary/aromatic N) is 2. The fraction of sp³-hybridized carbons (Fsp3) is 0.405. The lowest BCUT2D eigenvalue weighted by molar-refractivity contribution is -0.145. The van der Waals surface area contributed by atoms with Crippen molar-refractivity contribution in [2.45, 2.75) is 96.5 Å². The predicted octanol–water partition coefficient (Wildman–Crippen LogP) is 7.34. The Morgan fingerprint density at radius 2 is 1.20 bits per heavy atom. The van der Waals surface area contributed by atoms with Crippen molar-refractivity contribution in [1.82, 2.24) is 20.4 Å². The summed E-state index contributed by atoms with van der Waals surface area (Å²) >= 11 is 0. The van der Waals surface area contributed by atoms with E-state index in [0.717, 1.165) is 5.69 Å². The average molecular weight is 867 g/mol. The molecule has 0 aliphatic rings. The first kappa shape index (κ1) is 49.4. The number of hydrogen-bond donors (Lipinski definition) is 6. The molecule has 0 amide bonds. The molecule has 0 saturated carbocycles. The van der Waals surface area contributed by atoms with Gasteiger partial charge in [0, 0.05) is 18.2 Å². The van der Waals surface area contributed by atoms with Crippen LogP contribution in [0.25, 0.3) is 5.69 Å². The van der Waals surface area contributed by atoms with E-state index < -0.39 is 83.7 Å². The van der Waals surface area contributed by atoms with Crippen molar-refractivity contribution >= 4 is 23.9 Å². The molecule has 4 rings (SSSR count). The molecule has 13 nitrogen and oxygen atoms in total. The largest absolute Gasteiger partial charge is 0.489 e. The smallest absolute Gasteiger partial charge is 0.416 e. The van der Waals surface area contributed by atoms with Crippen LogP contribution in [0.3, 0.4) is 0 Å². The fourth-order valence-corrected chi connectivity index (χ4v) is 6.05. The Kier molecular flexibility index (Phi) is 17.9. The van der Waals surface area contributed by atoms with E-state index in [0.29, 0.717) is 29.8 Å². The summed E-state index contributed by atoms with van der Waals surface area (Å²) in [6, 6.07) is 13.9. The number of halogens is 6. The van der Waals surface area contributed by atoms with Crippen molar-refractivity contribution in [3.05, 3.63) is 113 Å². The summed E-state index contributed by atoms with van der Waals surface area (Å²) in [4.78, 5) is 46.1. The van der Waals surface area contributed by atoms with E-state index in [9.17, 15) is 65.9 Å². The summed E-state index contributed by atoms with van der Waals surface area (Å²) in [5, 5.41) is 47.3. The first-order valence-corrected chi connectivity index (χ1v) is 19.0. The highest BCUT2D eigenvalue weighted by Crippen LogP contribution is 2.37. The third-order valence-corrected chi connectivity index (χ3v) is 8.96. The number of carboxylic acids is 4. The number of carbonyl (C=O) groups is 4. The molecule has 332 valence electrons. The van der Waals surface area contributed by atoms with E-state index in [1.54, 1.807) is 30.8 Å². The minimum Gasteiger partial charge on any atom is -0.489 e. The van der Waals surface area contributed by atoms with Crippen LogP contribution in [0.5, 0.6) is 5.75 Å². The summed E-state index contributed by atoms with van der Waals surface area (Å²) in [5.41, 5.74) is -1.58. The second-order valence-electron chi connectivity index (χ2n) is 15.0. The fourth-order valence-electron chi connectivity index (χ4n) is 6.05. The molecule has 4 aromatic rings. The SMILES string of the molecule is CC(C)CC(NC(Cc1cccc(OCc2ccc(C(F)(F)F)cc2C(F)(F)F)c1)C(=O)O)C(=O)O.CC(C)CC(NC(Cc1ccn(-c2ccccc2)n1)C(=O)O)C(=O)O. The van der Waals surface area contributed by atoms with Gasteiger partial charge in [-0.3, -0.25) is 29.8 Å². The lowest BCUT2D eigenvalue weighted by Gasteiger charge is -2.22. The van der Waals surface area contributed by atoms with E-state index in [4.69, 9.17) is 4.74 Å². The average Bonchev–Trinajstić information content (AvgIpc) is 3.64. The van der Waals surface area contributed by atoms with E-state index in [-0.39, 0.29) is 42.9 Å². The maximum absolute atomic E-state index is 13.3. The molecule has 4 unspecified atom stereocenters. The lowest BCUT2D eigenvalue weighted by Crippen LogP contribution is -2.48. The van der Waals surface area contributed by atoms with Gasteiger partial charge in [-0.05, 0) is 79.1 Å². The minimum atomic E-state index is -5.04. The van der Waals surface area contributed by atoms with Gasteiger partial charge in [0.2, 0.25) is 0 Å². The molecular weight excluding hydrogens is 818 g/mol. The van der Waals surface area contributed by atoms with Gasteiger partial charge in [0.1, 0.15) is 36.5 Å². The van der Waals surface area contributed by atoms with Gasteiger partial charge in [0.25, 0.3) is 0 Å². The van der Waals surface area contributed by atoms with Gasteiger partial charge in [-0.2, -0.15) is 31.4 Å². The number of benzene rings is 3. The van der Waals surface area contributed by atoms with Crippen LogP contribution >= 0.6 is 0 Å². The number of aliphatic carboxylic acids is 4. The molecule has 4 atom stereocenters. The summed E-state index contributed by atoms with van der Waals surface area (Å²) in [5.74, 6) is -4.46. The highest BCUT2D eigenvalue weighted by atomic mass is 19.4. The van der Waals surface area contributed by atoms with E-state index >= 15 is 0 Å². The molecule has 0 saturated heterocycles. The number of para-hydroxylation sites is 1. The van der Waals surface area contributed by atoms with Gasteiger partial charge in [0.05, 0.1) is 22.5 Å². The number of ether oxygens (including phenoxy) is 1. The van der Waals surface area contributed by atoms with E-state index in [1.807, 2.05) is 44.2 Å². The molecule has 1 heterocycles. The topological polar surface area (TPSA) is 200 Å². The van der Waals surface area contributed by atoms with Gasteiger partial charge >= 0.3 is 36.2 Å². The van der Waals surface area contributed by atoms with Crippen molar-refractivity contribution in [2.24, 2.45) is 11.8 Å². The Morgan fingerprint density at radius 1 is 0.656 bits per heavy atom. The van der Waals surface area contributed by atoms with Crippen molar-refractivity contribution in [1.29, 1.82) is 0 Å². The highest BCUT2D eigenvalue weighted by Gasteiger charge is 2.38. The number of nitrogens with one attached hydrogen (secondary N) is 2. The molecule has 0 fully saturated rings. The molecule has 0 spiro atoms. The highest BCUT2D eigenvalue weighted by molar-refractivity contribution is 5.78. The Labute approximate surface area is 347 Å². The van der Waals surface area contributed by atoms with Gasteiger partial charge in [-0.25, -0.2) is 4.68 Å². The van der Waals surface area contributed by atoms with Crippen LogP contribution < -0.4 is 15.4 Å². The quantitative estimate of drug-likeness (QED) is 0.0484. The van der Waals surface area contributed by atoms with E-state index in [1.165, 1.54) is 24.3 Å². The molecule has 0 bridgehead atoms. The molecule has 0 aliphatic carbocycles. The molecular formula is C42H48F6N4O9. The van der Waals surface area contributed by atoms with Crippen LogP contribution in [0.1, 0.15) is 68.5 Å². The molecule has 61 heavy (non-hydrogen) atoms. The number of carboxylic acid groups (broad SMARTS) is 4. The third-order valence-electron chi connectivity index (χ3n) is 8.96.